The summed E-state index contributed by atoms with van der Waals surface area (Å²) in [5.74, 6) is 1.42. The molecule has 2 rings (SSSR count). The second-order valence-electron chi connectivity index (χ2n) is 4.83. The molecule has 0 aromatic carbocycles. The van der Waals surface area contributed by atoms with Crippen molar-refractivity contribution in [3.63, 3.8) is 0 Å². The maximum Gasteiger partial charge on any atom is 0.168 e. The van der Waals surface area contributed by atoms with Gasteiger partial charge in [-0.3, -0.25) is 4.98 Å². The zero-order chi connectivity index (χ0) is 17.2. The Balaban J connectivity index is 0.00000127. The van der Waals surface area contributed by atoms with E-state index in [4.69, 9.17) is 15.6 Å². The van der Waals surface area contributed by atoms with Gasteiger partial charge in [0.15, 0.2) is 5.16 Å². The topological polar surface area (TPSA) is 86.2 Å². The highest BCUT2D eigenvalue weighted by Crippen LogP contribution is 2.18. The minimum atomic E-state index is -0.107. The van der Waals surface area contributed by atoms with Crippen molar-refractivity contribution in [2.45, 2.75) is 38.6 Å². The Morgan fingerprint density at radius 2 is 2.09 bits per heavy atom. The minimum Gasteiger partial charge on any atom is -0.490 e. The number of aryl methyl sites for hydroxylation is 1. The van der Waals surface area contributed by atoms with E-state index in [2.05, 4.69) is 9.97 Å². The quantitative estimate of drug-likeness (QED) is 0.752. The van der Waals surface area contributed by atoms with Crippen molar-refractivity contribution in [2.75, 3.05) is 12.4 Å². The number of thioether (sulfide) groups is 1. The van der Waals surface area contributed by atoms with E-state index in [0.717, 1.165) is 22.2 Å². The van der Waals surface area contributed by atoms with Gasteiger partial charge in [-0.15, -0.1) is 0 Å². The Morgan fingerprint density at radius 1 is 1.35 bits per heavy atom. The lowest BCUT2D eigenvalue weighted by atomic mass is 10.3. The van der Waals surface area contributed by atoms with Crippen molar-refractivity contribution in [2.24, 2.45) is 12.8 Å². The molecule has 0 aliphatic carbocycles. The molecule has 0 saturated carbocycles. The maximum absolute atomic E-state index is 9.12. The van der Waals surface area contributed by atoms with Crippen molar-refractivity contribution in [1.82, 2.24) is 14.5 Å². The summed E-state index contributed by atoms with van der Waals surface area (Å²) in [6.07, 6.45) is 5.13. The van der Waals surface area contributed by atoms with E-state index in [1.807, 2.05) is 38.5 Å². The van der Waals surface area contributed by atoms with Crippen LogP contribution in [0.5, 0.6) is 5.75 Å². The van der Waals surface area contributed by atoms with Gasteiger partial charge in [0.25, 0.3) is 0 Å². The first-order chi connectivity index (χ1) is 11.1. The van der Waals surface area contributed by atoms with E-state index < -0.39 is 0 Å². The van der Waals surface area contributed by atoms with E-state index >= 15 is 0 Å². The molecule has 2 heterocycles. The standard InChI is InChI=1S/C14H20N4O2S.C2H6/c1-10-3-13(6-16-4-10)20-8-11(15)9-21-14-17-5-12(7-19)18(14)2;1-2/h3-6,11,19H,7-9,15H2,1-2H3;1-2H3. The predicted molar refractivity (Wildman–Crippen MR) is 93.6 cm³/mol. The number of aliphatic hydroxyl groups is 1. The number of nitrogens with zero attached hydrogens (tertiary/aromatic N) is 3. The summed E-state index contributed by atoms with van der Waals surface area (Å²) in [6, 6.07) is 1.82. The van der Waals surface area contributed by atoms with Crippen molar-refractivity contribution < 1.29 is 9.84 Å². The molecule has 128 valence electrons. The Kier molecular flexibility index (Phi) is 8.68. The van der Waals surface area contributed by atoms with E-state index in [0.29, 0.717) is 12.4 Å². The molecular formula is C16H26N4O2S. The smallest absolute Gasteiger partial charge is 0.168 e. The monoisotopic (exact) mass is 338 g/mol. The van der Waals surface area contributed by atoms with Crippen molar-refractivity contribution >= 4 is 11.8 Å². The number of aliphatic hydroxyl groups excluding tert-OH is 1. The van der Waals surface area contributed by atoms with Gasteiger partial charge < -0.3 is 20.1 Å². The average Bonchev–Trinajstić information content (AvgIpc) is 2.93. The fraction of sp³-hybridized carbons (Fsp3) is 0.500. The van der Waals surface area contributed by atoms with Crippen LogP contribution in [0.1, 0.15) is 25.1 Å². The third-order valence-electron chi connectivity index (χ3n) is 2.94. The van der Waals surface area contributed by atoms with Crippen LogP contribution >= 0.6 is 11.8 Å². The van der Waals surface area contributed by atoms with Crippen molar-refractivity contribution in [1.29, 1.82) is 0 Å². The van der Waals surface area contributed by atoms with E-state index in [1.165, 1.54) is 0 Å². The molecule has 7 heteroatoms. The van der Waals surface area contributed by atoms with Crippen molar-refractivity contribution in [3.05, 3.63) is 35.9 Å². The summed E-state index contributed by atoms with van der Waals surface area (Å²) in [7, 11) is 1.88. The summed E-state index contributed by atoms with van der Waals surface area (Å²) in [4.78, 5) is 8.32. The molecule has 2 aromatic rings. The van der Waals surface area contributed by atoms with E-state index in [1.54, 1.807) is 30.4 Å². The van der Waals surface area contributed by atoms with E-state index in [-0.39, 0.29) is 12.6 Å². The van der Waals surface area contributed by atoms with Gasteiger partial charge in [0.1, 0.15) is 12.4 Å². The zero-order valence-corrected chi connectivity index (χ0v) is 15.0. The first-order valence-corrected chi connectivity index (χ1v) is 8.63. The summed E-state index contributed by atoms with van der Waals surface area (Å²) in [6.45, 7) is 6.38. The van der Waals surface area contributed by atoms with Gasteiger partial charge in [0.05, 0.1) is 24.7 Å². The third-order valence-corrected chi connectivity index (χ3v) is 4.18. The number of pyridine rings is 1. The molecule has 1 unspecified atom stereocenters. The number of ether oxygens (including phenoxy) is 1. The Bertz CT molecular complexity index is 589. The summed E-state index contributed by atoms with van der Waals surface area (Å²) < 4.78 is 7.49. The first-order valence-electron chi connectivity index (χ1n) is 7.64. The molecule has 0 saturated heterocycles. The SMILES string of the molecule is CC.Cc1cncc(OCC(N)CSc2ncc(CO)n2C)c1. The summed E-state index contributed by atoms with van der Waals surface area (Å²) in [5.41, 5.74) is 7.89. The van der Waals surface area contributed by atoms with Gasteiger partial charge in [0, 0.05) is 25.0 Å². The molecule has 1 atom stereocenters. The fourth-order valence-electron chi connectivity index (χ4n) is 1.75. The van der Waals surface area contributed by atoms with Gasteiger partial charge in [-0.25, -0.2) is 4.98 Å². The molecule has 0 aliphatic heterocycles. The molecule has 0 bridgehead atoms. The Morgan fingerprint density at radius 3 is 2.70 bits per heavy atom. The summed E-state index contributed by atoms with van der Waals surface area (Å²) >= 11 is 1.55. The number of hydrogen-bond donors (Lipinski definition) is 2. The highest BCUT2D eigenvalue weighted by molar-refractivity contribution is 7.99. The molecule has 0 aliphatic rings. The lowest BCUT2D eigenvalue weighted by molar-refractivity contribution is 0.271. The first kappa shape index (κ1) is 19.5. The van der Waals surface area contributed by atoms with Crippen LogP contribution in [-0.2, 0) is 13.7 Å². The Labute approximate surface area is 142 Å². The van der Waals surface area contributed by atoms with Crippen LogP contribution < -0.4 is 10.5 Å². The van der Waals surface area contributed by atoms with Crippen LogP contribution in [0.15, 0.2) is 29.8 Å². The molecule has 2 aromatic heterocycles. The highest BCUT2D eigenvalue weighted by Gasteiger charge is 2.10. The van der Waals surface area contributed by atoms with Gasteiger partial charge in [-0.1, -0.05) is 25.6 Å². The number of imidazole rings is 1. The number of rotatable bonds is 7. The van der Waals surface area contributed by atoms with Crippen LogP contribution in [-0.4, -0.2) is 38.0 Å². The van der Waals surface area contributed by atoms with Crippen LogP contribution in [0.2, 0.25) is 0 Å². The molecular weight excluding hydrogens is 312 g/mol. The molecule has 23 heavy (non-hydrogen) atoms. The maximum atomic E-state index is 9.12. The molecule has 3 N–H and O–H groups in total. The lowest BCUT2D eigenvalue weighted by Crippen LogP contribution is -2.30. The Hall–Kier alpha value is -1.57. The second-order valence-corrected chi connectivity index (χ2v) is 5.82. The fourth-order valence-corrected chi connectivity index (χ4v) is 2.64. The van der Waals surface area contributed by atoms with Crippen LogP contribution in [0, 0.1) is 6.92 Å². The average molecular weight is 338 g/mol. The van der Waals surface area contributed by atoms with Crippen LogP contribution in [0.3, 0.4) is 0 Å². The zero-order valence-electron chi connectivity index (χ0n) is 14.2. The van der Waals surface area contributed by atoms with Gasteiger partial charge >= 0.3 is 0 Å². The van der Waals surface area contributed by atoms with Gasteiger partial charge in [0.2, 0.25) is 0 Å². The van der Waals surface area contributed by atoms with Crippen LogP contribution in [0.25, 0.3) is 0 Å². The largest absolute Gasteiger partial charge is 0.490 e. The van der Waals surface area contributed by atoms with Crippen molar-refractivity contribution in [3.8, 4) is 5.75 Å². The number of aromatic nitrogens is 3. The highest BCUT2D eigenvalue weighted by atomic mass is 32.2. The van der Waals surface area contributed by atoms with E-state index in [9.17, 15) is 0 Å². The lowest BCUT2D eigenvalue weighted by Gasteiger charge is -2.13. The molecule has 6 nitrogen and oxygen atoms in total. The van der Waals surface area contributed by atoms with Gasteiger partial charge in [-0.05, 0) is 18.6 Å². The molecule has 0 fully saturated rings. The molecule has 0 spiro atoms. The summed E-state index contributed by atoms with van der Waals surface area (Å²) in [5, 5.41) is 9.96. The number of nitrogens with two attached hydrogens (primary N) is 1. The molecule has 0 radical (unpaired) electrons. The normalized spacial score (nSPS) is 11.6. The minimum absolute atomic E-state index is 0.0143. The molecule has 0 amide bonds. The predicted octanol–water partition coefficient (Wildman–Crippen LogP) is 2.14. The van der Waals surface area contributed by atoms with Gasteiger partial charge in [-0.2, -0.15) is 0 Å². The number of hydrogen-bond acceptors (Lipinski definition) is 6. The third kappa shape index (κ3) is 6.21. The van der Waals surface area contributed by atoms with Crippen LogP contribution in [0.4, 0.5) is 0 Å². The second kappa shape index (κ2) is 10.3.